The summed E-state index contributed by atoms with van der Waals surface area (Å²) in [5, 5.41) is 5.68. The molecule has 3 amide bonds. The Bertz CT molecular complexity index is 510. The zero-order chi connectivity index (χ0) is 16.7. The van der Waals surface area contributed by atoms with Crippen LogP contribution in [0.4, 0.5) is 4.79 Å². The van der Waals surface area contributed by atoms with Crippen LogP contribution in [0.25, 0.3) is 0 Å². The number of likely N-dealkylation sites (tertiary alicyclic amines) is 1. The van der Waals surface area contributed by atoms with Crippen molar-refractivity contribution in [3.8, 4) is 0 Å². The van der Waals surface area contributed by atoms with Crippen LogP contribution in [0.1, 0.15) is 44.7 Å². The molecule has 0 unspecified atom stereocenters. The molecule has 1 heterocycles. The lowest BCUT2D eigenvalue weighted by atomic mass is 10.1. The second-order valence-electron chi connectivity index (χ2n) is 6.46. The fraction of sp³-hybridized carbons (Fsp3) is 0.556. The van der Waals surface area contributed by atoms with Crippen LogP contribution in [0, 0.1) is 5.92 Å². The number of urea groups is 1. The fourth-order valence-electron chi connectivity index (χ4n) is 2.71. The zero-order valence-corrected chi connectivity index (χ0v) is 14.0. The van der Waals surface area contributed by atoms with Crippen molar-refractivity contribution in [3.05, 3.63) is 35.9 Å². The van der Waals surface area contributed by atoms with Crippen molar-refractivity contribution in [3.63, 3.8) is 0 Å². The van der Waals surface area contributed by atoms with E-state index >= 15 is 0 Å². The number of hydrogen-bond acceptors (Lipinski definition) is 2. The highest BCUT2D eigenvalue weighted by atomic mass is 16.2. The van der Waals surface area contributed by atoms with Crippen LogP contribution >= 0.6 is 0 Å². The Morgan fingerprint density at radius 3 is 2.39 bits per heavy atom. The lowest BCUT2D eigenvalue weighted by molar-refractivity contribution is -0.132. The molecule has 126 valence electrons. The van der Waals surface area contributed by atoms with E-state index in [2.05, 4.69) is 24.5 Å². The molecular weight excluding hydrogens is 290 g/mol. The van der Waals surface area contributed by atoms with E-state index in [0.29, 0.717) is 12.5 Å². The minimum absolute atomic E-state index is 0.0206. The summed E-state index contributed by atoms with van der Waals surface area (Å²) in [4.78, 5) is 26.7. The standard InChI is InChI=1S/C18H27N3O2/c1-14(2)10-11-19-18(23)20-16(15-8-4-3-5-9-15)17(22)21-12-6-7-13-21/h3-5,8-9,14,16H,6-7,10-13H2,1-2H3,(H2,19,20,23)/t16-/m0/s1. The molecule has 1 saturated heterocycles. The van der Waals surface area contributed by atoms with Gasteiger partial charge in [-0.3, -0.25) is 4.79 Å². The molecule has 1 aliphatic rings. The van der Waals surface area contributed by atoms with Gasteiger partial charge in [0.15, 0.2) is 0 Å². The van der Waals surface area contributed by atoms with Crippen molar-refractivity contribution in [2.75, 3.05) is 19.6 Å². The van der Waals surface area contributed by atoms with Gasteiger partial charge >= 0.3 is 6.03 Å². The van der Waals surface area contributed by atoms with E-state index in [1.165, 1.54) is 0 Å². The number of benzene rings is 1. The largest absolute Gasteiger partial charge is 0.341 e. The third-order valence-corrected chi connectivity index (χ3v) is 4.08. The van der Waals surface area contributed by atoms with Crippen LogP contribution in [0.15, 0.2) is 30.3 Å². The van der Waals surface area contributed by atoms with Gasteiger partial charge in [-0.25, -0.2) is 4.79 Å². The summed E-state index contributed by atoms with van der Waals surface area (Å²) in [6.45, 7) is 6.40. The van der Waals surface area contributed by atoms with Gasteiger partial charge in [-0.1, -0.05) is 44.2 Å². The first-order chi connectivity index (χ1) is 11.1. The highest BCUT2D eigenvalue weighted by molar-refractivity contribution is 5.88. The highest BCUT2D eigenvalue weighted by Gasteiger charge is 2.28. The van der Waals surface area contributed by atoms with Gasteiger partial charge in [0.25, 0.3) is 0 Å². The van der Waals surface area contributed by atoms with Crippen molar-refractivity contribution in [2.45, 2.75) is 39.2 Å². The number of carbonyl (C=O) groups excluding carboxylic acids is 2. The first kappa shape index (κ1) is 17.3. The summed E-state index contributed by atoms with van der Waals surface area (Å²) in [7, 11) is 0. The summed E-state index contributed by atoms with van der Waals surface area (Å²) in [6.07, 6.45) is 2.99. The number of hydrogen-bond donors (Lipinski definition) is 2. The maximum absolute atomic E-state index is 12.7. The smallest absolute Gasteiger partial charge is 0.315 e. The van der Waals surface area contributed by atoms with Crippen LogP contribution in [0.3, 0.4) is 0 Å². The molecule has 0 aliphatic carbocycles. The second kappa shape index (κ2) is 8.56. The van der Waals surface area contributed by atoms with E-state index in [-0.39, 0.29) is 11.9 Å². The van der Waals surface area contributed by atoms with Gasteiger partial charge in [-0.2, -0.15) is 0 Å². The number of nitrogens with one attached hydrogen (secondary N) is 2. The van der Waals surface area contributed by atoms with Crippen molar-refractivity contribution in [2.24, 2.45) is 5.92 Å². The van der Waals surface area contributed by atoms with Crippen molar-refractivity contribution in [1.82, 2.24) is 15.5 Å². The lowest BCUT2D eigenvalue weighted by Gasteiger charge is -2.24. The third-order valence-electron chi connectivity index (χ3n) is 4.08. The number of rotatable bonds is 6. The summed E-state index contributed by atoms with van der Waals surface area (Å²) < 4.78 is 0. The lowest BCUT2D eigenvalue weighted by Crippen LogP contribution is -2.45. The maximum Gasteiger partial charge on any atom is 0.315 e. The van der Waals surface area contributed by atoms with Crippen molar-refractivity contribution >= 4 is 11.9 Å². The Hall–Kier alpha value is -2.04. The monoisotopic (exact) mass is 317 g/mol. The topological polar surface area (TPSA) is 61.4 Å². The molecule has 1 atom stereocenters. The Kier molecular flexibility index (Phi) is 6.44. The Morgan fingerprint density at radius 1 is 1.13 bits per heavy atom. The first-order valence-corrected chi connectivity index (χ1v) is 8.46. The van der Waals surface area contributed by atoms with Crippen molar-refractivity contribution in [1.29, 1.82) is 0 Å². The number of amides is 3. The molecule has 0 saturated carbocycles. The Labute approximate surface area is 138 Å². The van der Waals surface area contributed by atoms with Crippen LogP contribution in [0.2, 0.25) is 0 Å². The maximum atomic E-state index is 12.7. The summed E-state index contributed by atoms with van der Waals surface area (Å²) >= 11 is 0. The molecule has 2 rings (SSSR count). The van der Waals surface area contributed by atoms with Gasteiger partial charge in [-0.05, 0) is 30.7 Å². The zero-order valence-electron chi connectivity index (χ0n) is 14.0. The average Bonchev–Trinajstić information content (AvgIpc) is 3.07. The van der Waals surface area contributed by atoms with Crippen LogP contribution in [0.5, 0.6) is 0 Å². The van der Waals surface area contributed by atoms with Crippen LogP contribution < -0.4 is 10.6 Å². The number of carbonyl (C=O) groups is 2. The minimum Gasteiger partial charge on any atom is -0.341 e. The second-order valence-corrected chi connectivity index (χ2v) is 6.46. The normalized spacial score (nSPS) is 15.5. The third kappa shape index (κ3) is 5.27. The highest BCUT2D eigenvalue weighted by Crippen LogP contribution is 2.19. The van der Waals surface area contributed by atoms with E-state index in [4.69, 9.17) is 0 Å². The first-order valence-electron chi connectivity index (χ1n) is 8.46. The predicted molar refractivity (Wildman–Crippen MR) is 91.0 cm³/mol. The Balaban J connectivity index is 2.01. The Morgan fingerprint density at radius 2 is 1.78 bits per heavy atom. The van der Waals surface area contributed by atoms with E-state index < -0.39 is 6.04 Å². The molecule has 0 aromatic heterocycles. The summed E-state index contributed by atoms with van der Waals surface area (Å²) in [5.74, 6) is 0.513. The fourth-order valence-corrected chi connectivity index (χ4v) is 2.71. The molecule has 0 radical (unpaired) electrons. The molecule has 1 aromatic rings. The number of nitrogens with zero attached hydrogens (tertiary/aromatic N) is 1. The van der Waals surface area contributed by atoms with Gasteiger partial charge < -0.3 is 15.5 Å². The van der Waals surface area contributed by atoms with E-state index in [1.807, 2.05) is 35.2 Å². The SMILES string of the molecule is CC(C)CCNC(=O)N[C@H](C(=O)N1CCCC1)c1ccccc1. The molecule has 2 N–H and O–H groups in total. The minimum atomic E-state index is -0.617. The molecule has 1 aliphatic heterocycles. The molecule has 0 bridgehead atoms. The molecule has 23 heavy (non-hydrogen) atoms. The van der Waals surface area contributed by atoms with E-state index in [0.717, 1.165) is 37.9 Å². The van der Waals surface area contributed by atoms with E-state index in [9.17, 15) is 9.59 Å². The summed E-state index contributed by atoms with van der Waals surface area (Å²) in [6, 6.07) is 8.54. The molecule has 1 fully saturated rings. The quantitative estimate of drug-likeness (QED) is 0.847. The predicted octanol–water partition coefficient (Wildman–Crippen LogP) is 2.70. The van der Waals surface area contributed by atoms with Gasteiger partial charge in [0.2, 0.25) is 5.91 Å². The van der Waals surface area contributed by atoms with Crippen LogP contribution in [-0.4, -0.2) is 36.5 Å². The molecule has 0 spiro atoms. The van der Waals surface area contributed by atoms with E-state index in [1.54, 1.807) is 0 Å². The van der Waals surface area contributed by atoms with Crippen molar-refractivity contribution < 1.29 is 9.59 Å². The molecular formula is C18H27N3O2. The van der Waals surface area contributed by atoms with Crippen LogP contribution in [-0.2, 0) is 4.79 Å². The van der Waals surface area contributed by atoms with Gasteiger partial charge in [0.1, 0.15) is 6.04 Å². The molecule has 5 heteroatoms. The molecule has 1 aromatic carbocycles. The van der Waals surface area contributed by atoms with Gasteiger partial charge in [-0.15, -0.1) is 0 Å². The molecule has 5 nitrogen and oxygen atoms in total. The average molecular weight is 317 g/mol. The summed E-state index contributed by atoms with van der Waals surface area (Å²) in [5.41, 5.74) is 0.823. The van der Waals surface area contributed by atoms with Gasteiger partial charge in [0.05, 0.1) is 0 Å². The van der Waals surface area contributed by atoms with Gasteiger partial charge in [0, 0.05) is 19.6 Å².